The molecule has 0 aliphatic rings. The summed E-state index contributed by atoms with van der Waals surface area (Å²) >= 11 is 28.7. The van der Waals surface area contributed by atoms with Gasteiger partial charge in [-0.1, -0.05) is 58.0 Å². The highest BCUT2D eigenvalue weighted by Gasteiger charge is 2.26. The molecular weight excluding hydrogens is 273 g/mol. The maximum absolute atomic E-state index is 5.85. The molecule has 1 aromatic carbocycles. The molecule has 5 heteroatoms. The van der Waals surface area contributed by atoms with Gasteiger partial charge in [0.05, 0.1) is 0 Å². The van der Waals surface area contributed by atoms with Crippen LogP contribution in [-0.2, 0) is 3.79 Å². The van der Waals surface area contributed by atoms with Crippen LogP contribution in [0, 0.1) is 6.92 Å². The molecule has 1 aromatic rings. The van der Waals surface area contributed by atoms with E-state index < -0.39 is 3.79 Å². The SMILES string of the molecule is Cc1cc(C(Cl)(Cl)Cl)c(Cl)cc1Cl. The summed E-state index contributed by atoms with van der Waals surface area (Å²) in [4.78, 5) is 0. The second-order valence-corrected chi connectivity index (χ2v) is 5.67. The number of alkyl halides is 3. The first-order valence-electron chi connectivity index (χ1n) is 3.35. The van der Waals surface area contributed by atoms with Gasteiger partial charge in [-0.25, -0.2) is 0 Å². The normalized spacial score (nSPS) is 11.8. The Kier molecular flexibility index (Phi) is 3.65. The van der Waals surface area contributed by atoms with Crippen LogP contribution in [0.2, 0.25) is 10.0 Å². The molecule has 0 aliphatic heterocycles. The Morgan fingerprint density at radius 3 is 2.00 bits per heavy atom. The van der Waals surface area contributed by atoms with Crippen molar-refractivity contribution < 1.29 is 0 Å². The summed E-state index contributed by atoms with van der Waals surface area (Å²) in [5.74, 6) is 0. The third-order valence-corrected chi connectivity index (χ3v) is 2.88. The highest BCUT2D eigenvalue weighted by Crippen LogP contribution is 2.43. The van der Waals surface area contributed by atoms with E-state index in [4.69, 9.17) is 58.0 Å². The van der Waals surface area contributed by atoms with Crippen LogP contribution in [0.1, 0.15) is 11.1 Å². The number of aryl methyl sites for hydroxylation is 1. The van der Waals surface area contributed by atoms with Crippen LogP contribution in [0.4, 0.5) is 0 Å². The zero-order valence-corrected chi connectivity index (χ0v) is 10.3. The molecule has 1 rings (SSSR count). The van der Waals surface area contributed by atoms with Crippen molar-refractivity contribution in [2.45, 2.75) is 10.7 Å². The topological polar surface area (TPSA) is 0 Å². The van der Waals surface area contributed by atoms with E-state index >= 15 is 0 Å². The monoisotopic (exact) mass is 276 g/mol. The fourth-order valence-corrected chi connectivity index (χ4v) is 2.01. The van der Waals surface area contributed by atoms with Crippen molar-refractivity contribution in [2.24, 2.45) is 0 Å². The molecule has 0 atom stereocenters. The average molecular weight is 278 g/mol. The van der Waals surface area contributed by atoms with Crippen LogP contribution < -0.4 is 0 Å². The summed E-state index contributed by atoms with van der Waals surface area (Å²) in [6, 6.07) is 3.23. The van der Waals surface area contributed by atoms with Gasteiger partial charge in [0.25, 0.3) is 0 Å². The Morgan fingerprint density at radius 2 is 1.54 bits per heavy atom. The molecule has 0 amide bonds. The first kappa shape index (κ1) is 11.7. The van der Waals surface area contributed by atoms with Gasteiger partial charge in [0.2, 0.25) is 3.79 Å². The van der Waals surface area contributed by atoms with E-state index in [9.17, 15) is 0 Å². The first-order chi connectivity index (χ1) is 5.82. The smallest absolute Gasteiger partial charge is 0.0840 e. The van der Waals surface area contributed by atoms with Crippen LogP contribution in [0.5, 0.6) is 0 Å². The van der Waals surface area contributed by atoms with E-state index in [-0.39, 0.29) is 0 Å². The van der Waals surface area contributed by atoms with Crippen molar-refractivity contribution in [3.05, 3.63) is 33.3 Å². The molecule has 0 bridgehead atoms. The lowest BCUT2D eigenvalue weighted by Gasteiger charge is -2.14. The molecule has 0 aromatic heterocycles. The minimum Gasteiger partial charge on any atom is -0.0840 e. The quantitative estimate of drug-likeness (QED) is 0.577. The maximum atomic E-state index is 5.85. The summed E-state index contributed by atoms with van der Waals surface area (Å²) in [7, 11) is 0. The maximum Gasteiger partial charge on any atom is 0.217 e. The van der Waals surface area contributed by atoms with Crippen molar-refractivity contribution in [1.82, 2.24) is 0 Å². The zero-order valence-electron chi connectivity index (χ0n) is 6.54. The molecular formula is C8H5Cl5. The van der Waals surface area contributed by atoms with Crippen LogP contribution >= 0.6 is 58.0 Å². The molecule has 0 aliphatic carbocycles. The Labute approximate surface area is 102 Å². The van der Waals surface area contributed by atoms with Crippen molar-refractivity contribution >= 4 is 58.0 Å². The lowest BCUT2D eigenvalue weighted by Crippen LogP contribution is -2.01. The van der Waals surface area contributed by atoms with Gasteiger partial charge in [0, 0.05) is 15.6 Å². The molecule has 0 N–H and O–H groups in total. The average Bonchev–Trinajstić information content (AvgIpc) is 1.94. The van der Waals surface area contributed by atoms with E-state index in [1.54, 1.807) is 12.1 Å². The van der Waals surface area contributed by atoms with Crippen LogP contribution in [0.15, 0.2) is 12.1 Å². The Bertz CT molecular complexity index is 326. The van der Waals surface area contributed by atoms with E-state index in [2.05, 4.69) is 0 Å². The van der Waals surface area contributed by atoms with Gasteiger partial charge in [-0.3, -0.25) is 0 Å². The van der Waals surface area contributed by atoms with Gasteiger partial charge in [0.15, 0.2) is 0 Å². The largest absolute Gasteiger partial charge is 0.217 e. The number of rotatable bonds is 0. The molecule has 0 fully saturated rings. The van der Waals surface area contributed by atoms with Crippen molar-refractivity contribution in [1.29, 1.82) is 0 Å². The molecule has 0 saturated heterocycles. The minimum atomic E-state index is -1.51. The van der Waals surface area contributed by atoms with Gasteiger partial charge in [-0.15, -0.1) is 0 Å². The van der Waals surface area contributed by atoms with Crippen molar-refractivity contribution in [3.63, 3.8) is 0 Å². The van der Waals surface area contributed by atoms with Gasteiger partial charge in [-0.2, -0.15) is 0 Å². The van der Waals surface area contributed by atoms with Gasteiger partial charge >= 0.3 is 0 Å². The second-order valence-electron chi connectivity index (χ2n) is 2.58. The molecule has 0 heterocycles. The molecule has 0 nitrogen and oxygen atoms in total. The third-order valence-electron chi connectivity index (χ3n) is 1.55. The molecule has 0 saturated carbocycles. The zero-order chi connectivity index (χ0) is 10.2. The Balaban J connectivity index is 3.32. The third kappa shape index (κ3) is 2.81. The van der Waals surface area contributed by atoms with Gasteiger partial charge in [0.1, 0.15) is 0 Å². The standard InChI is InChI=1S/C8H5Cl5/c1-4-2-5(8(11,12)13)7(10)3-6(4)9/h2-3H,1H3. The Morgan fingerprint density at radius 1 is 1.00 bits per heavy atom. The highest BCUT2D eigenvalue weighted by molar-refractivity contribution is 6.67. The fraction of sp³-hybridized carbons (Fsp3) is 0.250. The number of halogens is 5. The van der Waals surface area contributed by atoms with Gasteiger partial charge in [-0.05, 0) is 24.6 Å². The predicted molar refractivity (Wildman–Crippen MR) is 60.4 cm³/mol. The number of benzene rings is 1. The lowest BCUT2D eigenvalue weighted by molar-refractivity contribution is 1.22. The van der Waals surface area contributed by atoms with E-state index in [0.29, 0.717) is 15.6 Å². The molecule has 0 spiro atoms. The van der Waals surface area contributed by atoms with Crippen LogP contribution in [-0.4, -0.2) is 0 Å². The molecule has 0 radical (unpaired) electrons. The lowest BCUT2D eigenvalue weighted by atomic mass is 10.1. The Hall–Kier alpha value is 0.670. The van der Waals surface area contributed by atoms with Crippen molar-refractivity contribution in [2.75, 3.05) is 0 Å². The summed E-state index contributed by atoms with van der Waals surface area (Å²) < 4.78 is -1.51. The number of hydrogen-bond acceptors (Lipinski definition) is 0. The molecule has 13 heavy (non-hydrogen) atoms. The van der Waals surface area contributed by atoms with Gasteiger partial charge < -0.3 is 0 Å². The van der Waals surface area contributed by atoms with E-state index in [1.165, 1.54) is 0 Å². The highest BCUT2D eigenvalue weighted by atomic mass is 35.6. The van der Waals surface area contributed by atoms with Crippen LogP contribution in [0.3, 0.4) is 0 Å². The summed E-state index contributed by atoms with van der Waals surface area (Å²) in [6.07, 6.45) is 0. The first-order valence-corrected chi connectivity index (χ1v) is 5.24. The minimum absolute atomic E-state index is 0.357. The van der Waals surface area contributed by atoms with Crippen molar-refractivity contribution in [3.8, 4) is 0 Å². The van der Waals surface area contributed by atoms with Crippen LogP contribution in [0.25, 0.3) is 0 Å². The summed E-state index contributed by atoms with van der Waals surface area (Å²) in [5.41, 5.74) is 1.27. The predicted octanol–water partition coefficient (Wildman–Crippen LogP) is 5.13. The molecule has 0 unspecified atom stereocenters. The second kappa shape index (κ2) is 4.04. The summed E-state index contributed by atoms with van der Waals surface area (Å²) in [5, 5.41) is 0.915. The van der Waals surface area contributed by atoms with E-state index in [0.717, 1.165) is 5.56 Å². The number of hydrogen-bond donors (Lipinski definition) is 0. The fourth-order valence-electron chi connectivity index (χ4n) is 0.874. The summed E-state index contributed by atoms with van der Waals surface area (Å²) in [6.45, 7) is 1.82. The molecule has 72 valence electrons. The van der Waals surface area contributed by atoms with E-state index in [1.807, 2.05) is 6.92 Å².